The zero-order valence-corrected chi connectivity index (χ0v) is 12.2. The van der Waals surface area contributed by atoms with Gasteiger partial charge >= 0.3 is 0 Å². The van der Waals surface area contributed by atoms with Crippen molar-refractivity contribution in [1.82, 2.24) is 4.90 Å². The Morgan fingerprint density at radius 1 is 1.05 bits per heavy atom. The number of piperidine rings is 1. The Morgan fingerprint density at radius 2 is 1.75 bits per heavy atom. The molecule has 0 bridgehead atoms. The van der Waals surface area contributed by atoms with E-state index in [0.29, 0.717) is 12.1 Å². The maximum Gasteiger partial charge on any atom is 0.162 e. The van der Waals surface area contributed by atoms with Crippen LogP contribution in [-0.4, -0.2) is 30.3 Å². The van der Waals surface area contributed by atoms with Crippen molar-refractivity contribution in [3.05, 3.63) is 36.2 Å². The van der Waals surface area contributed by atoms with E-state index in [1.165, 1.54) is 38.9 Å². The van der Waals surface area contributed by atoms with E-state index in [-0.39, 0.29) is 5.78 Å². The van der Waals surface area contributed by atoms with Crippen LogP contribution in [0.1, 0.15) is 48.9 Å². The van der Waals surface area contributed by atoms with Gasteiger partial charge in [-0.05, 0) is 76.0 Å². The molecule has 3 nitrogen and oxygen atoms in total. The lowest BCUT2D eigenvalue weighted by Gasteiger charge is -2.26. The molecule has 1 radical (unpaired) electrons. The minimum absolute atomic E-state index is 0.234. The first kappa shape index (κ1) is 15.0. The first-order valence-electron chi connectivity index (χ1n) is 7.68. The van der Waals surface area contributed by atoms with E-state index < -0.39 is 0 Å². The molecule has 3 heteroatoms. The van der Waals surface area contributed by atoms with Crippen LogP contribution in [0.2, 0.25) is 0 Å². The molecule has 2 N–H and O–H groups in total. The molecule has 0 amide bonds. The van der Waals surface area contributed by atoms with Crippen molar-refractivity contribution < 1.29 is 4.79 Å². The maximum absolute atomic E-state index is 12.0. The number of Topliss-reactive ketones (excluding diaryl/α,β-unsaturated/α-hetero) is 1. The molecule has 0 unspecified atom stereocenters. The van der Waals surface area contributed by atoms with E-state index in [1.54, 1.807) is 12.1 Å². The molecule has 1 aliphatic rings. The number of nitrogens with two attached hydrogens (primary N) is 1. The van der Waals surface area contributed by atoms with Crippen molar-refractivity contribution in [2.45, 2.75) is 38.5 Å². The van der Waals surface area contributed by atoms with E-state index in [2.05, 4.69) is 11.3 Å². The fourth-order valence-corrected chi connectivity index (χ4v) is 2.64. The molecule has 1 aromatic carbocycles. The standard InChI is InChI=1S/C17H25N2O/c18-16-10-8-15(9-11-16)17(20)7-3-1-4-12-19-13-5-2-6-14-19/h2,8-11H,1,3-7,12-14,18H2. The largest absolute Gasteiger partial charge is 0.399 e. The zero-order chi connectivity index (χ0) is 14.2. The minimum atomic E-state index is 0.234. The molecule has 0 aromatic heterocycles. The quantitative estimate of drug-likeness (QED) is 0.471. The summed E-state index contributed by atoms with van der Waals surface area (Å²) >= 11 is 0. The van der Waals surface area contributed by atoms with Gasteiger partial charge in [-0.25, -0.2) is 0 Å². The Hall–Kier alpha value is -1.35. The molecule has 109 valence electrons. The molecule has 0 saturated carbocycles. The summed E-state index contributed by atoms with van der Waals surface area (Å²) in [6, 6.07) is 7.23. The molecule has 1 heterocycles. The number of hydrogen-bond donors (Lipinski definition) is 1. The highest BCUT2D eigenvalue weighted by atomic mass is 16.1. The third kappa shape index (κ3) is 4.97. The summed E-state index contributed by atoms with van der Waals surface area (Å²) in [5, 5.41) is 0. The van der Waals surface area contributed by atoms with E-state index in [1.807, 2.05) is 12.1 Å². The second-order valence-corrected chi connectivity index (χ2v) is 5.56. The topological polar surface area (TPSA) is 46.3 Å². The van der Waals surface area contributed by atoms with E-state index in [9.17, 15) is 4.79 Å². The van der Waals surface area contributed by atoms with Crippen molar-refractivity contribution >= 4 is 11.5 Å². The Labute approximate surface area is 122 Å². The van der Waals surface area contributed by atoms with Crippen molar-refractivity contribution in [1.29, 1.82) is 0 Å². The molecule has 0 aliphatic carbocycles. The minimum Gasteiger partial charge on any atom is -0.399 e. The summed E-state index contributed by atoms with van der Waals surface area (Å²) in [4.78, 5) is 14.5. The highest BCUT2D eigenvalue weighted by Gasteiger charge is 2.09. The van der Waals surface area contributed by atoms with Gasteiger partial charge in [0.15, 0.2) is 5.78 Å². The molecule has 0 atom stereocenters. The van der Waals surface area contributed by atoms with E-state index in [4.69, 9.17) is 5.73 Å². The molecule has 2 rings (SSSR count). The number of nitrogens with zero attached hydrogens (tertiary/aromatic N) is 1. The maximum atomic E-state index is 12.0. The second-order valence-electron chi connectivity index (χ2n) is 5.56. The average molecular weight is 273 g/mol. The lowest BCUT2D eigenvalue weighted by atomic mass is 10.0. The van der Waals surface area contributed by atoms with E-state index in [0.717, 1.165) is 18.4 Å². The molecule has 0 spiro atoms. The third-order valence-electron chi connectivity index (χ3n) is 3.91. The van der Waals surface area contributed by atoms with Crippen molar-refractivity contribution in [3.8, 4) is 0 Å². The van der Waals surface area contributed by atoms with Gasteiger partial charge in [0.05, 0.1) is 0 Å². The number of likely N-dealkylation sites (tertiary alicyclic amines) is 1. The number of rotatable bonds is 7. The van der Waals surface area contributed by atoms with Gasteiger partial charge < -0.3 is 10.6 Å². The molecule has 1 aliphatic heterocycles. The predicted octanol–water partition coefficient (Wildman–Crippen LogP) is 3.31. The van der Waals surface area contributed by atoms with Gasteiger partial charge in [0.2, 0.25) is 0 Å². The van der Waals surface area contributed by atoms with Gasteiger partial charge in [-0.15, -0.1) is 0 Å². The number of nitrogen functional groups attached to an aromatic ring is 1. The van der Waals surface area contributed by atoms with E-state index >= 15 is 0 Å². The molecule has 1 fully saturated rings. The van der Waals surface area contributed by atoms with Crippen LogP contribution in [0.25, 0.3) is 0 Å². The number of carbonyl (C=O) groups excluding carboxylic acids is 1. The van der Waals surface area contributed by atoms with Crippen LogP contribution in [0.15, 0.2) is 24.3 Å². The van der Waals surface area contributed by atoms with Crippen LogP contribution in [0.4, 0.5) is 5.69 Å². The van der Waals surface area contributed by atoms with Crippen LogP contribution in [-0.2, 0) is 0 Å². The number of anilines is 1. The van der Waals surface area contributed by atoms with Gasteiger partial charge in [-0.2, -0.15) is 0 Å². The van der Waals surface area contributed by atoms with Gasteiger partial charge in [-0.1, -0.05) is 6.42 Å². The first-order valence-corrected chi connectivity index (χ1v) is 7.68. The fraction of sp³-hybridized carbons (Fsp3) is 0.529. The van der Waals surface area contributed by atoms with Crippen molar-refractivity contribution in [2.24, 2.45) is 0 Å². The number of ketones is 1. The summed E-state index contributed by atoms with van der Waals surface area (Å²) in [7, 11) is 0. The van der Waals surface area contributed by atoms with Crippen LogP contribution in [0.3, 0.4) is 0 Å². The summed E-state index contributed by atoms with van der Waals surface area (Å²) in [6.45, 7) is 3.61. The van der Waals surface area contributed by atoms with Gasteiger partial charge in [0, 0.05) is 17.7 Å². The second kappa shape index (κ2) is 8.05. The number of hydrogen-bond acceptors (Lipinski definition) is 3. The summed E-state index contributed by atoms with van der Waals surface area (Å²) < 4.78 is 0. The SMILES string of the molecule is Nc1ccc(C(=O)CCCCCN2CC[CH]CC2)cc1. The van der Waals surface area contributed by atoms with Gasteiger partial charge in [-0.3, -0.25) is 4.79 Å². The molecular formula is C17H25N2O. The molecule has 1 aromatic rings. The molecule has 20 heavy (non-hydrogen) atoms. The van der Waals surface area contributed by atoms with Crippen LogP contribution in [0.5, 0.6) is 0 Å². The van der Waals surface area contributed by atoms with Crippen molar-refractivity contribution in [2.75, 3.05) is 25.4 Å². The van der Waals surface area contributed by atoms with Crippen LogP contribution >= 0.6 is 0 Å². The Kier molecular flexibility index (Phi) is 6.06. The fourth-order valence-electron chi connectivity index (χ4n) is 2.64. The third-order valence-corrected chi connectivity index (χ3v) is 3.91. The zero-order valence-electron chi connectivity index (χ0n) is 12.2. The predicted molar refractivity (Wildman–Crippen MR) is 83.6 cm³/mol. The smallest absolute Gasteiger partial charge is 0.162 e. The van der Waals surface area contributed by atoms with Gasteiger partial charge in [0.25, 0.3) is 0 Å². The highest BCUT2D eigenvalue weighted by Crippen LogP contribution is 2.12. The lowest BCUT2D eigenvalue weighted by Crippen LogP contribution is -2.30. The number of carbonyl (C=O) groups is 1. The Morgan fingerprint density at radius 3 is 2.45 bits per heavy atom. The summed E-state index contributed by atoms with van der Waals surface area (Å²) in [5.74, 6) is 0.234. The highest BCUT2D eigenvalue weighted by molar-refractivity contribution is 5.96. The normalized spacial score (nSPS) is 16.2. The Bertz CT molecular complexity index is 408. The number of unbranched alkanes of at least 4 members (excludes halogenated alkanes) is 2. The lowest BCUT2D eigenvalue weighted by molar-refractivity contribution is 0.0978. The monoisotopic (exact) mass is 273 g/mol. The summed E-state index contributed by atoms with van der Waals surface area (Å²) in [6.07, 6.45) is 8.82. The average Bonchev–Trinajstić information content (AvgIpc) is 2.48. The summed E-state index contributed by atoms with van der Waals surface area (Å²) in [5.41, 5.74) is 7.11. The van der Waals surface area contributed by atoms with Gasteiger partial charge in [0.1, 0.15) is 0 Å². The molecular weight excluding hydrogens is 248 g/mol. The first-order chi connectivity index (χ1) is 9.75. The molecule has 1 saturated heterocycles. The Balaban J connectivity index is 1.58. The van der Waals surface area contributed by atoms with Crippen LogP contribution < -0.4 is 5.73 Å². The number of benzene rings is 1. The van der Waals surface area contributed by atoms with Crippen LogP contribution in [0, 0.1) is 6.42 Å². The van der Waals surface area contributed by atoms with Crippen molar-refractivity contribution in [3.63, 3.8) is 0 Å².